The van der Waals surface area contributed by atoms with Gasteiger partial charge in [-0.05, 0) is 75.3 Å². The summed E-state index contributed by atoms with van der Waals surface area (Å²) in [6.07, 6.45) is 21.8. The number of fused-ring (bicyclic) bond motifs is 1. The van der Waals surface area contributed by atoms with Gasteiger partial charge in [-0.3, -0.25) is 0 Å². The topological polar surface area (TPSA) is 48.6 Å². The van der Waals surface area contributed by atoms with Crippen molar-refractivity contribution in [2.24, 2.45) is 11.7 Å². The molecule has 1 aromatic heterocycles. The number of benzene rings is 1. The highest BCUT2D eigenvalue weighted by molar-refractivity contribution is 5.58. The Labute approximate surface area is 242 Å². The monoisotopic (exact) mass is 549 g/mol. The number of hydrogen-bond donors (Lipinski definition) is 1. The summed E-state index contributed by atoms with van der Waals surface area (Å²) in [6, 6.07) is 12.5. The van der Waals surface area contributed by atoms with Crippen LogP contribution in [-0.2, 0) is 0 Å². The molecule has 2 N–H and O–H groups in total. The lowest BCUT2D eigenvalue weighted by molar-refractivity contribution is 0.366. The van der Waals surface area contributed by atoms with E-state index in [0.717, 1.165) is 63.0 Å². The summed E-state index contributed by atoms with van der Waals surface area (Å²) in [7, 11) is 0. The molecule has 5 rings (SSSR count). The Morgan fingerprint density at radius 3 is 2.20 bits per heavy atom. The molecule has 4 heterocycles. The van der Waals surface area contributed by atoms with E-state index >= 15 is 0 Å². The van der Waals surface area contributed by atoms with Gasteiger partial charge in [0.2, 0.25) is 0 Å². The van der Waals surface area contributed by atoms with Crippen LogP contribution in [0.4, 0.5) is 21.6 Å². The minimum absolute atomic E-state index is 0.145. The average Bonchev–Trinajstić information content (AvgIpc) is 3.43. The number of piperidine rings is 2. The fourth-order valence-corrected chi connectivity index (χ4v) is 7.50. The number of halogens is 1. The van der Waals surface area contributed by atoms with Crippen molar-refractivity contribution in [1.82, 2.24) is 4.98 Å². The fourth-order valence-electron chi connectivity index (χ4n) is 7.50. The van der Waals surface area contributed by atoms with E-state index in [1.54, 1.807) is 12.1 Å². The number of hydrogen-bond acceptors (Lipinski definition) is 5. The first-order valence-electron chi connectivity index (χ1n) is 16.4. The fraction of sp³-hybridized carbons (Fsp3) is 0.676. The largest absolute Gasteiger partial charge is 0.371 e. The molecule has 0 bridgehead atoms. The van der Waals surface area contributed by atoms with E-state index in [4.69, 9.17) is 10.7 Å². The number of rotatable bonds is 14. The van der Waals surface area contributed by atoms with Crippen molar-refractivity contribution in [1.29, 1.82) is 0 Å². The van der Waals surface area contributed by atoms with Gasteiger partial charge in [0.25, 0.3) is 0 Å². The van der Waals surface area contributed by atoms with Gasteiger partial charge in [0.05, 0.1) is 12.1 Å². The van der Waals surface area contributed by atoms with Crippen LogP contribution in [0.3, 0.4) is 0 Å². The van der Waals surface area contributed by atoms with E-state index in [9.17, 15) is 4.39 Å². The highest BCUT2D eigenvalue weighted by Gasteiger charge is 2.41. The van der Waals surface area contributed by atoms with Crippen molar-refractivity contribution >= 4 is 17.2 Å². The van der Waals surface area contributed by atoms with Crippen LogP contribution < -0.4 is 20.4 Å². The quantitative estimate of drug-likeness (QED) is 0.247. The number of anilines is 3. The van der Waals surface area contributed by atoms with Crippen LogP contribution in [0.25, 0.3) is 0 Å². The number of aromatic nitrogens is 1. The Morgan fingerprint density at radius 1 is 0.725 bits per heavy atom. The normalized spacial score (nSPS) is 21.7. The molecule has 3 aliphatic rings. The second-order valence-electron chi connectivity index (χ2n) is 12.5. The molecule has 0 saturated carbocycles. The number of unbranched alkanes of at least 4 members (excludes halogenated alkanes) is 8. The van der Waals surface area contributed by atoms with E-state index in [-0.39, 0.29) is 5.82 Å². The minimum atomic E-state index is -0.145. The molecule has 2 atom stereocenters. The molecule has 0 unspecified atom stereocenters. The average molecular weight is 550 g/mol. The van der Waals surface area contributed by atoms with Crippen molar-refractivity contribution < 1.29 is 4.39 Å². The Kier molecular flexibility index (Phi) is 11.0. The lowest BCUT2D eigenvalue weighted by Gasteiger charge is -2.41. The van der Waals surface area contributed by atoms with Gasteiger partial charge in [0, 0.05) is 49.8 Å². The molecule has 2 aromatic rings. The zero-order valence-electron chi connectivity index (χ0n) is 24.7. The van der Waals surface area contributed by atoms with Crippen LogP contribution in [0.5, 0.6) is 0 Å². The van der Waals surface area contributed by atoms with Crippen molar-refractivity contribution in [3.05, 3.63) is 48.4 Å². The number of nitrogens with two attached hydrogens (primary N) is 1. The summed E-state index contributed by atoms with van der Waals surface area (Å²) in [6.45, 7) is 5.21. The molecule has 0 aliphatic carbocycles. The lowest BCUT2D eigenvalue weighted by Crippen LogP contribution is -2.50. The van der Waals surface area contributed by atoms with Gasteiger partial charge >= 0.3 is 0 Å². The maximum Gasteiger partial charge on any atom is 0.130 e. The van der Waals surface area contributed by atoms with Gasteiger partial charge in [0.15, 0.2) is 0 Å². The second kappa shape index (κ2) is 15.0. The van der Waals surface area contributed by atoms with Gasteiger partial charge in [-0.2, -0.15) is 0 Å². The van der Waals surface area contributed by atoms with Gasteiger partial charge < -0.3 is 20.4 Å². The van der Waals surface area contributed by atoms with Crippen molar-refractivity contribution in [2.45, 2.75) is 108 Å². The van der Waals surface area contributed by atoms with Crippen LogP contribution in [-0.4, -0.2) is 49.8 Å². The summed E-state index contributed by atoms with van der Waals surface area (Å²) in [5, 5.41) is 0. The van der Waals surface area contributed by atoms with Crippen molar-refractivity contribution in [2.75, 3.05) is 47.4 Å². The minimum Gasteiger partial charge on any atom is -0.371 e. The van der Waals surface area contributed by atoms with Crippen LogP contribution in [0, 0.1) is 11.7 Å². The Morgan fingerprint density at radius 2 is 1.45 bits per heavy atom. The van der Waals surface area contributed by atoms with E-state index in [2.05, 4.69) is 32.9 Å². The van der Waals surface area contributed by atoms with E-state index < -0.39 is 0 Å². The van der Waals surface area contributed by atoms with Gasteiger partial charge in [-0.15, -0.1) is 0 Å². The Bertz CT molecular complexity index is 1020. The first-order chi connectivity index (χ1) is 19.7. The molecule has 6 heteroatoms. The zero-order chi connectivity index (χ0) is 27.6. The third kappa shape index (κ3) is 7.69. The highest BCUT2D eigenvalue weighted by Crippen LogP contribution is 2.37. The molecular weight excluding hydrogens is 497 g/mol. The molecule has 3 saturated heterocycles. The molecular formula is C34H52FN5. The highest BCUT2D eigenvalue weighted by atomic mass is 19.1. The van der Waals surface area contributed by atoms with E-state index in [1.807, 2.05) is 12.3 Å². The smallest absolute Gasteiger partial charge is 0.130 e. The molecule has 5 nitrogen and oxygen atoms in total. The number of pyridine rings is 1. The Balaban J connectivity index is 1.06. The maximum atomic E-state index is 14.0. The van der Waals surface area contributed by atoms with Crippen LogP contribution in [0.1, 0.15) is 96.3 Å². The standard InChI is InChI=1S/C34H52FN5/c35-29-13-10-14-31(26-29)39-22-11-15-32-33(39)19-25-40(32)34-27-30(16-21-37-34)38-23-17-28(18-24-38)12-8-6-4-2-1-3-5-7-9-20-36/h10,13-14,16,21,26-28,32-33H,1-9,11-12,15,17-20,22-25,36H2/t32-,33-/m1/s1. The van der Waals surface area contributed by atoms with Crippen LogP contribution in [0.2, 0.25) is 0 Å². The SMILES string of the molecule is NCCCCCCCCCCCC1CCN(c2ccnc(N3CC[C@@H]4[C@H]3CCCN4c3cccc(F)c3)c2)CC1. The third-order valence-electron chi connectivity index (χ3n) is 9.77. The van der Waals surface area contributed by atoms with Crippen LogP contribution in [0.15, 0.2) is 42.6 Å². The second-order valence-corrected chi connectivity index (χ2v) is 12.5. The van der Waals surface area contributed by atoms with E-state index in [1.165, 1.54) is 89.2 Å². The summed E-state index contributed by atoms with van der Waals surface area (Å²) in [5.74, 6) is 1.87. The third-order valence-corrected chi connectivity index (χ3v) is 9.77. The van der Waals surface area contributed by atoms with E-state index in [0.29, 0.717) is 12.1 Å². The number of nitrogens with zero attached hydrogens (tertiary/aromatic N) is 4. The van der Waals surface area contributed by atoms with Gasteiger partial charge in [-0.25, -0.2) is 9.37 Å². The molecule has 1 aromatic carbocycles. The summed E-state index contributed by atoms with van der Waals surface area (Å²) in [4.78, 5) is 12.4. The summed E-state index contributed by atoms with van der Waals surface area (Å²) < 4.78 is 14.0. The molecule has 0 amide bonds. The van der Waals surface area contributed by atoms with Crippen molar-refractivity contribution in [3.63, 3.8) is 0 Å². The molecule has 40 heavy (non-hydrogen) atoms. The summed E-state index contributed by atoms with van der Waals surface area (Å²) >= 11 is 0. The summed E-state index contributed by atoms with van der Waals surface area (Å²) in [5.41, 5.74) is 7.93. The lowest BCUT2D eigenvalue weighted by atomic mass is 9.91. The van der Waals surface area contributed by atoms with Gasteiger partial charge in [0.1, 0.15) is 11.6 Å². The molecule has 3 aliphatic heterocycles. The predicted molar refractivity (Wildman–Crippen MR) is 167 cm³/mol. The van der Waals surface area contributed by atoms with Gasteiger partial charge in [-0.1, -0.05) is 63.9 Å². The predicted octanol–water partition coefficient (Wildman–Crippen LogP) is 7.54. The van der Waals surface area contributed by atoms with Crippen LogP contribution >= 0.6 is 0 Å². The first-order valence-corrected chi connectivity index (χ1v) is 16.4. The first kappa shape index (κ1) is 29.2. The molecule has 220 valence electrons. The Hall–Kier alpha value is -2.34. The van der Waals surface area contributed by atoms with Crippen molar-refractivity contribution in [3.8, 4) is 0 Å². The molecule has 0 spiro atoms. The zero-order valence-corrected chi connectivity index (χ0v) is 24.7. The maximum absolute atomic E-state index is 14.0. The molecule has 3 fully saturated rings. The molecule has 0 radical (unpaired) electrons.